The largest absolute Gasteiger partial charge is 0.507 e. The molecule has 0 aliphatic rings. The summed E-state index contributed by atoms with van der Waals surface area (Å²) in [4.78, 5) is 4.52. The van der Waals surface area contributed by atoms with Crippen LogP contribution in [0.3, 0.4) is 0 Å². The van der Waals surface area contributed by atoms with Gasteiger partial charge in [0, 0.05) is 11.8 Å². The highest BCUT2D eigenvalue weighted by molar-refractivity contribution is 5.83. The molecule has 0 heterocycles. The highest BCUT2D eigenvalue weighted by Gasteiger charge is 2.10. The van der Waals surface area contributed by atoms with Crippen LogP contribution in [-0.4, -0.2) is 24.5 Å². The molecule has 0 spiro atoms. The standard InChI is InChI=1S/C19H23NO3/c1-4-22-18-11-10-15(12-19(18)23-5-2)14(3)20-13-16-8-6-7-9-17(16)21/h6-14,21H,4-5H2,1-3H3/t14-/m1/s1. The Kier molecular flexibility index (Phi) is 6.03. The Bertz CT molecular complexity index is 667. The molecule has 122 valence electrons. The number of phenolic OH excluding ortho intramolecular Hbond substituents is 1. The third-order valence-electron chi connectivity index (χ3n) is 3.42. The van der Waals surface area contributed by atoms with Gasteiger partial charge < -0.3 is 14.6 Å². The number of rotatable bonds is 7. The van der Waals surface area contributed by atoms with E-state index in [9.17, 15) is 5.11 Å². The van der Waals surface area contributed by atoms with E-state index in [0.717, 1.165) is 17.1 Å². The van der Waals surface area contributed by atoms with Crippen molar-refractivity contribution in [3.05, 3.63) is 53.6 Å². The number of nitrogens with zero attached hydrogens (tertiary/aromatic N) is 1. The smallest absolute Gasteiger partial charge is 0.161 e. The predicted octanol–water partition coefficient (Wildman–Crippen LogP) is 4.37. The molecule has 0 fully saturated rings. The summed E-state index contributed by atoms with van der Waals surface area (Å²) in [5.41, 5.74) is 1.74. The fourth-order valence-electron chi connectivity index (χ4n) is 2.20. The zero-order chi connectivity index (χ0) is 16.7. The summed E-state index contributed by atoms with van der Waals surface area (Å²) < 4.78 is 11.2. The van der Waals surface area contributed by atoms with E-state index < -0.39 is 0 Å². The Hall–Kier alpha value is -2.49. The minimum Gasteiger partial charge on any atom is -0.507 e. The van der Waals surface area contributed by atoms with Crippen molar-refractivity contribution in [1.29, 1.82) is 0 Å². The molecule has 0 aliphatic heterocycles. The van der Waals surface area contributed by atoms with E-state index in [1.807, 2.05) is 51.1 Å². The highest BCUT2D eigenvalue weighted by Crippen LogP contribution is 2.31. The van der Waals surface area contributed by atoms with Crippen molar-refractivity contribution < 1.29 is 14.6 Å². The minimum atomic E-state index is -0.0514. The first-order chi connectivity index (χ1) is 11.2. The monoisotopic (exact) mass is 313 g/mol. The predicted molar refractivity (Wildman–Crippen MR) is 92.9 cm³/mol. The number of phenols is 1. The SMILES string of the molecule is CCOc1ccc([C@@H](C)N=Cc2ccccc2O)cc1OCC. The minimum absolute atomic E-state index is 0.0514. The van der Waals surface area contributed by atoms with Crippen LogP contribution in [-0.2, 0) is 0 Å². The molecule has 0 saturated carbocycles. The van der Waals surface area contributed by atoms with Gasteiger partial charge in [0.15, 0.2) is 11.5 Å². The van der Waals surface area contributed by atoms with E-state index in [1.54, 1.807) is 18.3 Å². The molecule has 1 atom stereocenters. The third kappa shape index (κ3) is 4.49. The van der Waals surface area contributed by atoms with Crippen LogP contribution >= 0.6 is 0 Å². The molecule has 0 aromatic heterocycles. The molecule has 0 saturated heterocycles. The van der Waals surface area contributed by atoms with Crippen LogP contribution in [0.1, 0.15) is 37.9 Å². The molecule has 4 heteroatoms. The summed E-state index contributed by atoms with van der Waals surface area (Å²) in [5, 5.41) is 9.78. The molecule has 1 N–H and O–H groups in total. The van der Waals surface area contributed by atoms with Crippen LogP contribution in [0.4, 0.5) is 0 Å². The average Bonchev–Trinajstić information content (AvgIpc) is 2.56. The normalized spacial score (nSPS) is 12.3. The van der Waals surface area contributed by atoms with Gasteiger partial charge >= 0.3 is 0 Å². The Morgan fingerprint density at radius 2 is 1.74 bits per heavy atom. The van der Waals surface area contributed by atoms with Crippen molar-refractivity contribution in [3.63, 3.8) is 0 Å². The van der Waals surface area contributed by atoms with Crippen LogP contribution in [0.2, 0.25) is 0 Å². The van der Waals surface area contributed by atoms with E-state index in [0.29, 0.717) is 18.8 Å². The number of ether oxygens (including phenoxy) is 2. The first-order valence-corrected chi connectivity index (χ1v) is 7.86. The molecule has 0 radical (unpaired) electrons. The Labute approximate surface area is 137 Å². The van der Waals surface area contributed by atoms with E-state index in [-0.39, 0.29) is 11.8 Å². The zero-order valence-corrected chi connectivity index (χ0v) is 13.8. The second-order valence-electron chi connectivity index (χ2n) is 5.09. The van der Waals surface area contributed by atoms with Gasteiger partial charge in [0.1, 0.15) is 5.75 Å². The van der Waals surface area contributed by atoms with Gasteiger partial charge in [-0.3, -0.25) is 4.99 Å². The molecular weight excluding hydrogens is 290 g/mol. The van der Waals surface area contributed by atoms with Gasteiger partial charge in [0.25, 0.3) is 0 Å². The number of benzene rings is 2. The molecule has 4 nitrogen and oxygen atoms in total. The van der Waals surface area contributed by atoms with E-state index >= 15 is 0 Å². The maximum Gasteiger partial charge on any atom is 0.161 e. The molecule has 2 aromatic carbocycles. The lowest BCUT2D eigenvalue weighted by Gasteiger charge is -2.14. The summed E-state index contributed by atoms with van der Waals surface area (Å²) >= 11 is 0. The molecule has 0 amide bonds. The van der Waals surface area contributed by atoms with Gasteiger partial charge in [-0.1, -0.05) is 18.2 Å². The van der Waals surface area contributed by atoms with Crippen LogP contribution in [0.15, 0.2) is 47.5 Å². The number of hydrogen-bond acceptors (Lipinski definition) is 4. The van der Waals surface area contributed by atoms with Gasteiger partial charge in [-0.25, -0.2) is 0 Å². The Balaban J connectivity index is 2.20. The highest BCUT2D eigenvalue weighted by atomic mass is 16.5. The van der Waals surface area contributed by atoms with Crippen molar-refractivity contribution in [1.82, 2.24) is 0 Å². The van der Waals surface area contributed by atoms with Gasteiger partial charge in [-0.15, -0.1) is 0 Å². The average molecular weight is 313 g/mol. The van der Waals surface area contributed by atoms with Crippen LogP contribution < -0.4 is 9.47 Å². The van der Waals surface area contributed by atoms with Gasteiger partial charge in [-0.2, -0.15) is 0 Å². The second-order valence-corrected chi connectivity index (χ2v) is 5.09. The molecule has 0 unspecified atom stereocenters. The fraction of sp³-hybridized carbons (Fsp3) is 0.316. The lowest BCUT2D eigenvalue weighted by atomic mass is 10.1. The van der Waals surface area contributed by atoms with Gasteiger partial charge in [0.05, 0.1) is 19.3 Å². The third-order valence-corrected chi connectivity index (χ3v) is 3.42. The molecule has 0 aliphatic carbocycles. The number of aliphatic imine (C=N–C) groups is 1. The number of para-hydroxylation sites is 1. The van der Waals surface area contributed by atoms with E-state index in [1.165, 1.54) is 0 Å². The molecule has 0 bridgehead atoms. The lowest BCUT2D eigenvalue weighted by Crippen LogP contribution is -2.00. The number of hydrogen-bond donors (Lipinski definition) is 1. The second kappa shape index (κ2) is 8.22. The molecule has 2 aromatic rings. The number of aromatic hydroxyl groups is 1. The molecule has 2 rings (SSSR count). The van der Waals surface area contributed by atoms with Crippen molar-refractivity contribution in [2.45, 2.75) is 26.8 Å². The summed E-state index contributed by atoms with van der Waals surface area (Å²) in [6.45, 7) is 7.08. The Morgan fingerprint density at radius 1 is 1.04 bits per heavy atom. The summed E-state index contributed by atoms with van der Waals surface area (Å²) in [5.74, 6) is 1.71. The zero-order valence-electron chi connectivity index (χ0n) is 13.8. The van der Waals surface area contributed by atoms with Crippen molar-refractivity contribution in [2.24, 2.45) is 4.99 Å². The quantitative estimate of drug-likeness (QED) is 0.772. The van der Waals surface area contributed by atoms with Crippen molar-refractivity contribution in [3.8, 4) is 17.2 Å². The maximum atomic E-state index is 9.78. The van der Waals surface area contributed by atoms with E-state index in [2.05, 4.69) is 4.99 Å². The fourth-order valence-corrected chi connectivity index (χ4v) is 2.20. The van der Waals surface area contributed by atoms with Crippen LogP contribution in [0, 0.1) is 0 Å². The topological polar surface area (TPSA) is 51.0 Å². The van der Waals surface area contributed by atoms with Crippen LogP contribution in [0.5, 0.6) is 17.2 Å². The maximum absolute atomic E-state index is 9.78. The van der Waals surface area contributed by atoms with Gasteiger partial charge in [-0.05, 0) is 50.6 Å². The first kappa shape index (κ1) is 16.9. The van der Waals surface area contributed by atoms with Crippen LogP contribution in [0.25, 0.3) is 0 Å². The summed E-state index contributed by atoms with van der Waals surface area (Å²) in [7, 11) is 0. The molecular formula is C19H23NO3. The lowest BCUT2D eigenvalue weighted by molar-refractivity contribution is 0.287. The van der Waals surface area contributed by atoms with Crippen molar-refractivity contribution >= 4 is 6.21 Å². The van der Waals surface area contributed by atoms with E-state index in [4.69, 9.17) is 9.47 Å². The molecule has 23 heavy (non-hydrogen) atoms. The summed E-state index contributed by atoms with van der Waals surface area (Å²) in [6.07, 6.45) is 1.69. The van der Waals surface area contributed by atoms with Crippen molar-refractivity contribution in [2.75, 3.05) is 13.2 Å². The Morgan fingerprint density at radius 3 is 2.43 bits per heavy atom. The first-order valence-electron chi connectivity index (χ1n) is 7.86. The van der Waals surface area contributed by atoms with Gasteiger partial charge in [0.2, 0.25) is 0 Å². The summed E-state index contributed by atoms with van der Waals surface area (Å²) in [6, 6.07) is 12.9.